The monoisotopic (exact) mass is 394 g/mol. The van der Waals surface area contributed by atoms with Gasteiger partial charge >= 0.3 is 0 Å². The quantitative estimate of drug-likeness (QED) is 0.326. The second-order valence-electron chi connectivity index (χ2n) is 5.23. The van der Waals surface area contributed by atoms with Crippen LogP contribution in [0.2, 0.25) is 5.02 Å². The Morgan fingerprint density at radius 1 is 1.08 bits per heavy atom. The number of carbonyl (C=O) groups excluding carboxylic acids is 3. The summed E-state index contributed by atoms with van der Waals surface area (Å²) in [5, 5.41) is 0.507. The Kier molecular flexibility index (Phi) is 7.44. The number of furan rings is 1. The molecule has 2 amide bonds. The lowest BCUT2D eigenvalue weighted by molar-refractivity contribution is -0.126. The van der Waals surface area contributed by atoms with E-state index >= 15 is 0 Å². The van der Waals surface area contributed by atoms with Gasteiger partial charge in [-0.15, -0.1) is 11.6 Å². The van der Waals surface area contributed by atoms with E-state index in [0.29, 0.717) is 16.3 Å². The molecule has 0 unspecified atom stereocenters. The molecule has 8 heteroatoms. The second kappa shape index (κ2) is 9.79. The van der Waals surface area contributed by atoms with E-state index in [4.69, 9.17) is 27.6 Å². The van der Waals surface area contributed by atoms with Crippen LogP contribution in [0.1, 0.15) is 29.0 Å². The standard InChI is InChI=1S/C18H16Cl2N2O4/c19-8-7-17(24)21-22-18(25)13(10-15-2-1-9-26-15)11-16(23)12-3-5-14(20)6-4-12/h1-6,9-10H,7-8,11H2,(H,21,24)(H,22,25)/b13-10+. The van der Waals surface area contributed by atoms with Gasteiger partial charge in [0.1, 0.15) is 5.76 Å². The molecule has 0 aliphatic carbocycles. The van der Waals surface area contributed by atoms with Gasteiger partial charge in [0.2, 0.25) is 5.91 Å². The molecule has 0 atom stereocenters. The molecular formula is C18H16Cl2N2O4. The fourth-order valence-electron chi connectivity index (χ4n) is 2.01. The third-order valence-corrected chi connectivity index (χ3v) is 3.75. The minimum atomic E-state index is -0.619. The number of benzene rings is 1. The Bertz CT molecular complexity index is 799. The Morgan fingerprint density at radius 2 is 1.81 bits per heavy atom. The molecule has 0 aliphatic rings. The molecule has 0 saturated heterocycles. The highest BCUT2D eigenvalue weighted by Gasteiger charge is 2.17. The van der Waals surface area contributed by atoms with Crippen molar-refractivity contribution < 1.29 is 18.8 Å². The van der Waals surface area contributed by atoms with Crippen LogP contribution in [0.3, 0.4) is 0 Å². The zero-order valence-corrected chi connectivity index (χ0v) is 15.1. The van der Waals surface area contributed by atoms with Crippen molar-refractivity contribution in [2.75, 3.05) is 5.88 Å². The van der Waals surface area contributed by atoms with E-state index in [1.54, 1.807) is 36.4 Å². The van der Waals surface area contributed by atoms with Gasteiger partial charge < -0.3 is 4.42 Å². The highest BCUT2D eigenvalue weighted by Crippen LogP contribution is 2.16. The number of ketones is 1. The van der Waals surface area contributed by atoms with Crippen LogP contribution in [0.15, 0.2) is 52.7 Å². The van der Waals surface area contributed by atoms with Crippen LogP contribution < -0.4 is 10.9 Å². The number of Topliss-reactive ketones (excluding diaryl/α,β-unsaturated/α-hetero) is 1. The third kappa shape index (κ3) is 6.06. The SMILES string of the molecule is O=C(CCCl)NNC(=O)/C(=C/c1ccco1)CC(=O)c1ccc(Cl)cc1. The van der Waals surface area contributed by atoms with Gasteiger partial charge in [-0.1, -0.05) is 11.6 Å². The summed E-state index contributed by atoms with van der Waals surface area (Å²) < 4.78 is 5.19. The minimum absolute atomic E-state index is 0.0583. The summed E-state index contributed by atoms with van der Waals surface area (Å²) in [5.74, 6) is -0.791. The van der Waals surface area contributed by atoms with Crippen molar-refractivity contribution in [3.05, 3.63) is 64.6 Å². The van der Waals surface area contributed by atoms with E-state index < -0.39 is 11.8 Å². The van der Waals surface area contributed by atoms with Gasteiger partial charge in [0, 0.05) is 34.9 Å². The molecule has 136 valence electrons. The van der Waals surface area contributed by atoms with Gasteiger partial charge in [-0.2, -0.15) is 0 Å². The molecule has 2 rings (SSSR count). The first kappa shape index (κ1) is 19.8. The van der Waals surface area contributed by atoms with Crippen LogP contribution in [-0.4, -0.2) is 23.5 Å². The number of carbonyl (C=O) groups is 3. The number of nitrogens with one attached hydrogen (secondary N) is 2. The average molecular weight is 395 g/mol. The molecule has 0 radical (unpaired) electrons. The summed E-state index contributed by atoms with van der Waals surface area (Å²) in [7, 11) is 0. The van der Waals surface area contributed by atoms with Gasteiger partial charge in [-0.25, -0.2) is 0 Å². The smallest absolute Gasteiger partial charge is 0.266 e. The molecule has 1 aromatic heterocycles. The van der Waals surface area contributed by atoms with Crippen molar-refractivity contribution in [2.24, 2.45) is 0 Å². The van der Waals surface area contributed by atoms with Gasteiger partial charge in [0.15, 0.2) is 5.78 Å². The number of halogens is 2. The maximum absolute atomic E-state index is 12.4. The summed E-state index contributed by atoms with van der Waals surface area (Å²) in [6, 6.07) is 9.65. The molecule has 0 saturated carbocycles. The lowest BCUT2D eigenvalue weighted by Gasteiger charge is -2.09. The van der Waals surface area contributed by atoms with Crippen LogP contribution in [0, 0.1) is 0 Å². The molecule has 0 fully saturated rings. The van der Waals surface area contributed by atoms with E-state index in [0.717, 1.165) is 0 Å². The molecule has 6 nitrogen and oxygen atoms in total. The highest BCUT2D eigenvalue weighted by molar-refractivity contribution is 6.30. The van der Waals surface area contributed by atoms with Crippen molar-refractivity contribution in [3.8, 4) is 0 Å². The second-order valence-corrected chi connectivity index (χ2v) is 6.05. The fourth-order valence-corrected chi connectivity index (χ4v) is 2.31. The average Bonchev–Trinajstić information content (AvgIpc) is 3.13. The van der Waals surface area contributed by atoms with Gasteiger partial charge in [0.05, 0.1) is 6.26 Å². The number of amides is 2. The predicted octanol–water partition coefficient (Wildman–Crippen LogP) is 3.37. The highest BCUT2D eigenvalue weighted by atomic mass is 35.5. The number of hydrogen-bond acceptors (Lipinski definition) is 4. The zero-order valence-electron chi connectivity index (χ0n) is 13.6. The molecular weight excluding hydrogens is 379 g/mol. The maximum atomic E-state index is 12.4. The molecule has 1 heterocycles. The number of alkyl halides is 1. The Balaban J connectivity index is 2.13. The maximum Gasteiger partial charge on any atom is 0.266 e. The van der Waals surface area contributed by atoms with E-state index in [9.17, 15) is 14.4 Å². The van der Waals surface area contributed by atoms with Crippen molar-refractivity contribution in [2.45, 2.75) is 12.8 Å². The van der Waals surface area contributed by atoms with Crippen LogP contribution >= 0.6 is 23.2 Å². The fraction of sp³-hybridized carbons (Fsp3) is 0.167. The molecule has 0 aliphatic heterocycles. The first-order chi connectivity index (χ1) is 12.5. The third-order valence-electron chi connectivity index (χ3n) is 3.31. The van der Waals surface area contributed by atoms with E-state index in [1.165, 1.54) is 12.3 Å². The molecule has 2 N–H and O–H groups in total. The lowest BCUT2D eigenvalue weighted by Crippen LogP contribution is -2.42. The Labute approximate surface area is 160 Å². The Morgan fingerprint density at radius 3 is 2.42 bits per heavy atom. The first-order valence-corrected chi connectivity index (χ1v) is 8.59. The summed E-state index contributed by atoms with van der Waals surface area (Å²) in [6.45, 7) is 0. The zero-order chi connectivity index (χ0) is 18.9. The molecule has 1 aromatic carbocycles. The molecule has 26 heavy (non-hydrogen) atoms. The molecule has 0 spiro atoms. The normalized spacial score (nSPS) is 11.1. The van der Waals surface area contributed by atoms with E-state index in [-0.39, 0.29) is 30.1 Å². The van der Waals surface area contributed by atoms with Crippen LogP contribution in [0.25, 0.3) is 6.08 Å². The summed E-state index contributed by atoms with van der Waals surface area (Å²) in [5.41, 5.74) is 5.05. The number of hydrogen-bond donors (Lipinski definition) is 2. The lowest BCUT2D eigenvalue weighted by atomic mass is 10.0. The predicted molar refractivity (Wildman–Crippen MR) is 98.7 cm³/mol. The van der Waals surface area contributed by atoms with Crippen molar-refractivity contribution >= 4 is 46.9 Å². The number of hydrazine groups is 1. The number of rotatable bonds is 7. The van der Waals surface area contributed by atoms with Crippen molar-refractivity contribution in [3.63, 3.8) is 0 Å². The molecule has 0 bridgehead atoms. The van der Waals surface area contributed by atoms with Crippen molar-refractivity contribution in [1.82, 2.24) is 10.9 Å². The topological polar surface area (TPSA) is 88.4 Å². The van der Waals surface area contributed by atoms with Gasteiger partial charge in [-0.3, -0.25) is 25.2 Å². The first-order valence-electron chi connectivity index (χ1n) is 7.67. The van der Waals surface area contributed by atoms with Crippen LogP contribution in [0.4, 0.5) is 0 Å². The summed E-state index contributed by atoms with van der Waals surface area (Å²) >= 11 is 11.3. The van der Waals surface area contributed by atoms with Gasteiger partial charge in [-0.05, 0) is 42.5 Å². The van der Waals surface area contributed by atoms with Crippen LogP contribution in [0.5, 0.6) is 0 Å². The van der Waals surface area contributed by atoms with E-state index in [2.05, 4.69) is 10.9 Å². The van der Waals surface area contributed by atoms with Crippen LogP contribution in [-0.2, 0) is 9.59 Å². The Hall–Kier alpha value is -2.57. The molecule has 2 aromatic rings. The summed E-state index contributed by atoms with van der Waals surface area (Å²) in [6.07, 6.45) is 2.77. The minimum Gasteiger partial charge on any atom is -0.465 e. The van der Waals surface area contributed by atoms with E-state index in [1.807, 2.05) is 0 Å². The largest absolute Gasteiger partial charge is 0.465 e. The van der Waals surface area contributed by atoms with Gasteiger partial charge in [0.25, 0.3) is 5.91 Å². The summed E-state index contributed by atoms with van der Waals surface area (Å²) in [4.78, 5) is 36.2. The van der Waals surface area contributed by atoms with Crippen molar-refractivity contribution in [1.29, 1.82) is 0 Å².